The highest BCUT2D eigenvalue weighted by Gasteiger charge is 2.66. The van der Waals surface area contributed by atoms with Crippen molar-refractivity contribution in [1.29, 1.82) is 0 Å². The van der Waals surface area contributed by atoms with Crippen molar-refractivity contribution in [1.82, 2.24) is 10.3 Å². The van der Waals surface area contributed by atoms with E-state index in [0.717, 1.165) is 0 Å². The van der Waals surface area contributed by atoms with Gasteiger partial charge in [-0.1, -0.05) is 27.7 Å². The normalized spacial score (nSPS) is 22.7. The third-order valence-corrected chi connectivity index (χ3v) is 5.07. The van der Waals surface area contributed by atoms with Gasteiger partial charge in [0.15, 0.2) is 5.13 Å². The van der Waals surface area contributed by atoms with Crippen LogP contribution in [0.1, 0.15) is 34.1 Å². The molecule has 3 N–H and O–H groups in total. The summed E-state index contributed by atoms with van der Waals surface area (Å²) in [6, 6.07) is -0.716. The van der Waals surface area contributed by atoms with E-state index in [0.29, 0.717) is 11.6 Å². The van der Waals surface area contributed by atoms with Crippen LogP contribution in [0.5, 0.6) is 0 Å². The van der Waals surface area contributed by atoms with Gasteiger partial charge in [0.05, 0.1) is 11.8 Å². The highest BCUT2D eigenvalue weighted by atomic mass is 32.1. The molecule has 0 saturated heterocycles. The van der Waals surface area contributed by atoms with Crippen molar-refractivity contribution in [2.24, 2.45) is 23.2 Å². The van der Waals surface area contributed by atoms with Crippen LogP contribution in [-0.2, 0) is 14.4 Å². The number of hydrogen-bond donors (Lipinski definition) is 3. The zero-order valence-electron chi connectivity index (χ0n) is 14.2. The number of carbonyl (C=O) groups excluding carboxylic acids is 2. The Hall–Kier alpha value is -1.96. The van der Waals surface area contributed by atoms with Crippen LogP contribution in [0.4, 0.5) is 5.13 Å². The fourth-order valence-electron chi connectivity index (χ4n) is 3.03. The number of rotatable bonds is 7. The zero-order chi connectivity index (χ0) is 18.1. The first kappa shape index (κ1) is 18.4. The fourth-order valence-corrected chi connectivity index (χ4v) is 3.56. The number of aliphatic carboxylic acids is 1. The van der Waals surface area contributed by atoms with Gasteiger partial charge in [-0.25, -0.2) is 4.98 Å². The molecular weight excluding hydrogens is 330 g/mol. The Morgan fingerprint density at radius 2 is 2.00 bits per heavy atom. The first-order chi connectivity index (χ1) is 11.1. The van der Waals surface area contributed by atoms with E-state index in [1.165, 1.54) is 11.3 Å². The van der Waals surface area contributed by atoms with Gasteiger partial charge in [-0.3, -0.25) is 14.4 Å². The number of anilines is 1. The van der Waals surface area contributed by atoms with Crippen molar-refractivity contribution >= 4 is 34.3 Å². The molecule has 2 rings (SSSR count). The van der Waals surface area contributed by atoms with Crippen molar-refractivity contribution in [2.75, 3.05) is 5.32 Å². The van der Waals surface area contributed by atoms with Crippen LogP contribution in [0.25, 0.3) is 0 Å². The van der Waals surface area contributed by atoms with Crippen molar-refractivity contribution < 1.29 is 19.5 Å². The first-order valence-electron chi connectivity index (χ1n) is 7.88. The number of aromatic nitrogens is 1. The molecule has 0 aromatic carbocycles. The Bertz CT molecular complexity index is 627. The quantitative estimate of drug-likeness (QED) is 0.694. The molecule has 7 nitrogen and oxygen atoms in total. The van der Waals surface area contributed by atoms with Gasteiger partial charge in [0.25, 0.3) is 0 Å². The standard InChI is InChI=1S/C16H23N3O4S/c1-8(2)7-9(12(20)19-15-17-5-6-24-15)18-13(21)10-11(14(22)23)16(10,3)4/h5-6,8-11H,7H2,1-4H3,(H,18,21)(H,22,23)(H,17,19,20)/t9?,10-,11+/m0/s1. The molecule has 1 aromatic heterocycles. The van der Waals surface area contributed by atoms with E-state index in [1.54, 1.807) is 25.4 Å². The molecule has 132 valence electrons. The van der Waals surface area contributed by atoms with Crippen molar-refractivity contribution in [3.63, 3.8) is 0 Å². The minimum atomic E-state index is -0.979. The second-order valence-corrected chi connectivity index (χ2v) is 8.03. The van der Waals surface area contributed by atoms with E-state index >= 15 is 0 Å². The highest BCUT2D eigenvalue weighted by molar-refractivity contribution is 7.13. The maximum Gasteiger partial charge on any atom is 0.307 e. The summed E-state index contributed by atoms with van der Waals surface area (Å²) in [5, 5.41) is 16.8. The number of carboxylic acid groups (broad SMARTS) is 1. The number of nitrogens with zero attached hydrogens (tertiary/aromatic N) is 1. The lowest BCUT2D eigenvalue weighted by molar-refractivity contribution is -0.140. The summed E-state index contributed by atoms with van der Waals surface area (Å²) >= 11 is 1.30. The van der Waals surface area contributed by atoms with E-state index < -0.39 is 29.3 Å². The molecule has 1 aromatic rings. The van der Waals surface area contributed by atoms with Gasteiger partial charge in [0, 0.05) is 11.6 Å². The minimum Gasteiger partial charge on any atom is -0.481 e. The Morgan fingerprint density at radius 3 is 2.46 bits per heavy atom. The van der Waals surface area contributed by atoms with Gasteiger partial charge in [0.2, 0.25) is 11.8 Å². The number of carboxylic acids is 1. The minimum absolute atomic E-state index is 0.194. The van der Waals surface area contributed by atoms with Crippen molar-refractivity contribution in [3.05, 3.63) is 11.6 Å². The largest absolute Gasteiger partial charge is 0.481 e. The average molecular weight is 353 g/mol. The van der Waals surface area contributed by atoms with E-state index in [1.807, 2.05) is 13.8 Å². The third kappa shape index (κ3) is 3.92. The van der Waals surface area contributed by atoms with Gasteiger partial charge in [-0.15, -0.1) is 11.3 Å². The van der Waals surface area contributed by atoms with Crippen LogP contribution in [0.15, 0.2) is 11.6 Å². The second-order valence-electron chi connectivity index (χ2n) is 7.13. The summed E-state index contributed by atoms with van der Waals surface area (Å²) in [4.78, 5) is 40.1. The summed E-state index contributed by atoms with van der Waals surface area (Å²) < 4.78 is 0. The second kappa shape index (κ2) is 6.88. The Kier molecular flexibility index (Phi) is 5.27. The monoisotopic (exact) mass is 353 g/mol. The Balaban J connectivity index is 2.04. The molecular formula is C16H23N3O4S. The average Bonchev–Trinajstić information content (AvgIpc) is 2.81. The smallest absolute Gasteiger partial charge is 0.307 e. The summed E-state index contributed by atoms with van der Waals surface area (Å²) in [6.07, 6.45) is 2.05. The molecule has 1 aliphatic rings. The van der Waals surface area contributed by atoms with Gasteiger partial charge < -0.3 is 15.7 Å². The summed E-state index contributed by atoms with van der Waals surface area (Å²) in [6.45, 7) is 7.42. The van der Waals surface area contributed by atoms with Gasteiger partial charge in [0.1, 0.15) is 6.04 Å². The van der Waals surface area contributed by atoms with Crippen LogP contribution in [0, 0.1) is 23.2 Å². The molecule has 0 aliphatic heterocycles. The van der Waals surface area contributed by atoms with Crippen molar-refractivity contribution in [2.45, 2.75) is 40.2 Å². The van der Waals surface area contributed by atoms with Gasteiger partial charge >= 0.3 is 5.97 Å². The molecule has 0 bridgehead atoms. The van der Waals surface area contributed by atoms with Crippen molar-refractivity contribution in [3.8, 4) is 0 Å². The van der Waals surface area contributed by atoms with E-state index in [2.05, 4.69) is 15.6 Å². The molecule has 1 unspecified atom stereocenters. The van der Waals surface area contributed by atoms with Crippen LogP contribution in [0.3, 0.4) is 0 Å². The number of amides is 2. The molecule has 2 amide bonds. The summed E-state index contributed by atoms with van der Waals surface area (Å²) in [7, 11) is 0. The van der Waals surface area contributed by atoms with E-state index in [9.17, 15) is 19.5 Å². The molecule has 8 heteroatoms. The van der Waals surface area contributed by atoms with Gasteiger partial charge in [-0.2, -0.15) is 0 Å². The third-order valence-electron chi connectivity index (χ3n) is 4.38. The summed E-state index contributed by atoms with van der Waals surface area (Å²) in [5.41, 5.74) is -0.593. The lowest BCUT2D eigenvalue weighted by Gasteiger charge is -2.20. The predicted molar refractivity (Wildman–Crippen MR) is 90.5 cm³/mol. The Morgan fingerprint density at radius 1 is 1.33 bits per heavy atom. The van der Waals surface area contributed by atoms with Gasteiger partial charge in [-0.05, 0) is 17.8 Å². The topological polar surface area (TPSA) is 108 Å². The molecule has 1 fully saturated rings. The Labute approximate surface area is 144 Å². The SMILES string of the molecule is CC(C)CC(NC(=O)[C@@H]1[C@H](C(=O)O)C1(C)C)C(=O)Nc1nccs1. The maximum atomic E-state index is 12.5. The van der Waals surface area contributed by atoms with Crippen LogP contribution < -0.4 is 10.6 Å². The number of nitrogens with one attached hydrogen (secondary N) is 2. The lowest BCUT2D eigenvalue weighted by atomic mass is 10.0. The number of thiazole rings is 1. The molecule has 1 saturated carbocycles. The number of hydrogen-bond acceptors (Lipinski definition) is 5. The zero-order valence-corrected chi connectivity index (χ0v) is 15.0. The fraction of sp³-hybridized carbons (Fsp3) is 0.625. The predicted octanol–water partition coefficient (Wildman–Crippen LogP) is 1.97. The maximum absolute atomic E-state index is 12.5. The molecule has 24 heavy (non-hydrogen) atoms. The number of carbonyl (C=O) groups is 3. The molecule has 3 atom stereocenters. The van der Waals surface area contributed by atoms with E-state index in [4.69, 9.17) is 0 Å². The summed E-state index contributed by atoms with van der Waals surface area (Å²) in [5.74, 6) is -2.83. The van der Waals surface area contributed by atoms with Crippen LogP contribution in [-0.4, -0.2) is 33.9 Å². The lowest BCUT2D eigenvalue weighted by Crippen LogP contribution is -2.45. The first-order valence-corrected chi connectivity index (χ1v) is 8.76. The van der Waals surface area contributed by atoms with Crippen LogP contribution >= 0.6 is 11.3 Å². The molecule has 1 aliphatic carbocycles. The molecule has 0 spiro atoms. The molecule has 0 radical (unpaired) electrons. The van der Waals surface area contributed by atoms with E-state index in [-0.39, 0.29) is 17.7 Å². The molecule has 1 heterocycles. The highest BCUT2D eigenvalue weighted by Crippen LogP contribution is 2.58. The van der Waals surface area contributed by atoms with Crippen LogP contribution in [0.2, 0.25) is 0 Å².